The molecule has 3 N–H and O–H groups in total. The van der Waals surface area contributed by atoms with E-state index < -0.39 is 23.2 Å². The number of carbonyl (C=O) groups is 1. The van der Waals surface area contributed by atoms with Crippen LogP contribution in [0, 0.1) is 5.92 Å². The van der Waals surface area contributed by atoms with Gasteiger partial charge in [0.15, 0.2) is 23.9 Å². The van der Waals surface area contributed by atoms with Gasteiger partial charge in [0.2, 0.25) is 0 Å². The molecule has 1 aliphatic heterocycles. The van der Waals surface area contributed by atoms with Gasteiger partial charge in [-0.3, -0.25) is 4.79 Å². The minimum atomic E-state index is -1.34. The van der Waals surface area contributed by atoms with Gasteiger partial charge in [-0.2, -0.15) is 5.06 Å². The van der Waals surface area contributed by atoms with Crippen LogP contribution in [-0.2, 0) is 16.6 Å². The Hall–Kier alpha value is -1.63. The fourth-order valence-electron chi connectivity index (χ4n) is 5.52. The molecule has 3 aliphatic rings. The van der Waals surface area contributed by atoms with Crippen molar-refractivity contribution in [3.05, 3.63) is 23.3 Å². The maximum atomic E-state index is 12.0. The highest BCUT2D eigenvalue weighted by Crippen LogP contribution is 2.61. The second kappa shape index (κ2) is 6.47. The van der Waals surface area contributed by atoms with Gasteiger partial charge in [0, 0.05) is 12.1 Å². The number of aldehydes is 1. The monoisotopic (exact) mass is 375 g/mol. The van der Waals surface area contributed by atoms with Crippen molar-refractivity contribution in [3.63, 3.8) is 0 Å². The summed E-state index contributed by atoms with van der Waals surface area (Å²) in [6, 6.07) is 2.89. The number of aromatic hydroxyl groups is 1. The van der Waals surface area contributed by atoms with E-state index in [-0.39, 0.29) is 5.75 Å². The smallest absolute Gasteiger partial charge is 0.166 e. The molecule has 1 heterocycles. The van der Waals surface area contributed by atoms with Crippen LogP contribution < -0.4 is 4.74 Å². The van der Waals surface area contributed by atoms with Crippen molar-refractivity contribution in [3.8, 4) is 11.5 Å². The van der Waals surface area contributed by atoms with Crippen LogP contribution in [0.2, 0.25) is 0 Å². The van der Waals surface area contributed by atoms with E-state index in [0.717, 1.165) is 36.7 Å². The molecule has 1 aromatic carbocycles. The Labute approximate surface area is 159 Å². The number of rotatable bonds is 7. The van der Waals surface area contributed by atoms with E-state index >= 15 is 0 Å². The van der Waals surface area contributed by atoms with E-state index in [1.54, 1.807) is 6.07 Å². The van der Waals surface area contributed by atoms with Crippen LogP contribution in [0.25, 0.3) is 0 Å². The lowest BCUT2D eigenvalue weighted by molar-refractivity contribution is -0.220. The first-order valence-corrected chi connectivity index (χ1v) is 10.1. The number of nitrogens with zero attached hydrogens (tertiary/aromatic N) is 1. The van der Waals surface area contributed by atoms with Crippen LogP contribution in [0.5, 0.6) is 11.5 Å². The van der Waals surface area contributed by atoms with E-state index in [9.17, 15) is 20.2 Å². The minimum Gasteiger partial charge on any atom is -0.504 e. The summed E-state index contributed by atoms with van der Waals surface area (Å²) in [6.07, 6.45) is 4.17. The molecule has 3 unspecified atom stereocenters. The van der Waals surface area contributed by atoms with Gasteiger partial charge in [0.25, 0.3) is 0 Å². The number of carbonyl (C=O) groups excluding carboxylic acids is 1. The average Bonchev–Trinajstić information content (AvgIpc) is 3.40. The molecule has 6 heteroatoms. The number of hydroxylamine groups is 2. The van der Waals surface area contributed by atoms with Crippen molar-refractivity contribution in [2.24, 2.45) is 5.92 Å². The van der Waals surface area contributed by atoms with Gasteiger partial charge in [-0.15, -0.1) is 0 Å². The normalized spacial score (nSPS) is 34.4. The number of hydrogen-bond acceptors (Lipinski definition) is 6. The van der Waals surface area contributed by atoms with Crippen LogP contribution in [0.1, 0.15) is 57.1 Å². The number of phenolic OH excluding ortho intramolecular Hbond substituents is 1. The minimum absolute atomic E-state index is 0.00526. The number of hydrogen-bond donors (Lipinski definition) is 3. The summed E-state index contributed by atoms with van der Waals surface area (Å²) >= 11 is 0. The van der Waals surface area contributed by atoms with Crippen LogP contribution in [0.4, 0.5) is 0 Å². The van der Waals surface area contributed by atoms with Crippen LogP contribution >= 0.6 is 0 Å². The van der Waals surface area contributed by atoms with Crippen molar-refractivity contribution >= 4 is 6.29 Å². The quantitative estimate of drug-likeness (QED) is 0.501. The predicted octanol–water partition coefficient (Wildman–Crippen LogP) is 2.56. The Morgan fingerprint density at radius 2 is 2.07 bits per heavy atom. The first kappa shape index (κ1) is 18.7. The van der Waals surface area contributed by atoms with Gasteiger partial charge in [-0.25, -0.2) is 0 Å². The van der Waals surface area contributed by atoms with Gasteiger partial charge in [-0.05, 0) is 49.7 Å². The molecule has 0 saturated heterocycles. The Kier molecular flexibility index (Phi) is 4.48. The second-order valence-electron chi connectivity index (χ2n) is 8.41. The third-order valence-corrected chi connectivity index (χ3v) is 6.95. The maximum Gasteiger partial charge on any atom is 0.166 e. The number of aliphatic hydroxyl groups is 1. The van der Waals surface area contributed by atoms with E-state index in [1.807, 2.05) is 19.9 Å². The molecule has 2 aliphatic carbocycles. The average molecular weight is 375 g/mol. The van der Waals surface area contributed by atoms with Crippen LogP contribution in [-0.4, -0.2) is 51.1 Å². The SMILES string of the molecule is CCC[C@@]12c3c(ccc(O)c3OC1C=O)CC(N(O)CC1CC1)C2(O)CC. The van der Waals surface area contributed by atoms with Crippen LogP contribution in [0.15, 0.2) is 12.1 Å². The fraction of sp³-hybridized carbons (Fsp3) is 0.667. The molecule has 0 aromatic heterocycles. The van der Waals surface area contributed by atoms with E-state index in [2.05, 4.69) is 0 Å². The van der Waals surface area contributed by atoms with Gasteiger partial charge in [0.05, 0.1) is 17.1 Å². The first-order chi connectivity index (χ1) is 12.9. The summed E-state index contributed by atoms with van der Waals surface area (Å²) in [5, 5.41) is 34.6. The van der Waals surface area contributed by atoms with E-state index in [1.165, 1.54) is 5.06 Å². The molecule has 27 heavy (non-hydrogen) atoms. The highest BCUT2D eigenvalue weighted by atomic mass is 16.5. The molecule has 148 valence electrons. The van der Waals surface area contributed by atoms with Crippen molar-refractivity contribution in [1.82, 2.24) is 5.06 Å². The summed E-state index contributed by atoms with van der Waals surface area (Å²) in [6.45, 7) is 4.43. The second-order valence-corrected chi connectivity index (χ2v) is 8.41. The lowest BCUT2D eigenvalue weighted by Gasteiger charge is -2.55. The van der Waals surface area contributed by atoms with Gasteiger partial charge >= 0.3 is 0 Å². The first-order valence-electron chi connectivity index (χ1n) is 10.1. The van der Waals surface area contributed by atoms with Gasteiger partial charge in [-0.1, -0.05) is 26.3 Å². The lowest BCUT2D eigenvalue weighted by Crippen LogP contribution is -2.69. The predicted molar refractivity (Wildman–Crippen MR) is 99.1 cm³/mol. The molecular formula is C21H29NO5. The molecular weight excluding hydrogens is 346 g/mol. The van der Waals surface area contributed by atoms with Gasteiger partial charge < -0.3 is 20.2 Å². The molecule has 0 radical (unpaired) electrons. The van der Waals surface area contributed by atoms with Crippen molar-refractivity contribution < 1.29 is 25.0 Å². The maximum absolute atomic E-state index is 12.0. The van der Waals surface area contributed by atoms with Crippen molar-refractivity contribution in [1.29, 1.82) is 0 Å². The third kappa shape index (κ3) is 2.46. The summed E-state index contributed by atoms with van der Waals surface area (Å²) in [7, 11) is 0. The molecule has 0 amide bonds. The number of ether oxygens (including phenoxy) is 1. The standard InChI is InChI=1S/C21H29NO5/c1-3-9-20-17(12-23)27-19-15(24)8-7-14(18(19)20)10-16(21(20,25)4-2)22(26)11-13-5-6-13/h7-8,12-13,16-17,24-26H,3-6,9-11H2,1-2H3/t16?,17?,20-,21?/m0/s1. The summed E-state index contributed by atoms with van der Waals surface area (Å²) < 4.78 is 5.91. The lowest BCUT2D eigenvalue weighted by atomic mass is 9.54. The number of benzene rings is 1. The van der Waals surface area contributed by atoms with Crippen molar-refractivity contribution in [2.45, 2.75) is 75.5 Å². The number of phenols is 1. The molecule has 4 atom stereocenters. The van der Waals surface area contributed by atoms with Crippen LogP contribution in [0.3, 0.4) is 0 Å². The Balaban J connectivity index is 1.92. The highest BCUT2D eigenvalue weighted by molar-refractivity contribution is 5.71. The molecule has 0 bridgehead atoms. The Morgan fingerprint density at radius 3 is 2.67 bits per heavy atom. The molecule has 1 fully saturated rings. The van der Waals surface area contributed by atoms with E-state index in [4.69, 9.17) is 4.74 Å². The fourth-order valence-corrected chi connectivity index (χ4v) is 5.52. The molecule has 0 spiro atoms. The molecule has 1 aromatic rings. The molecule has 6 nitrogen and oxygen atoms in total. The topological polar surface area (TPSA) is 90.2 Å². The zero-order valence-corrected chi connectivity index (χ0v) is 16.0. The summed E-state index contributed by atoms with van der Waals surface area (Å²) in [5.41, 5.74) is -0.639. The Bertz CT molecular complexity index is 748. The Morgan fingerprint density at radius 1 is 1.33 bits per heavy atom. The zero-order chi connectivity index (χ0) is 19.4. The molecule has 1 saturated carbocycles. The highest BCUT2D eigenvalue weighted by Gasteiger charge is 2.67. The van der Waals surface area contributed by atoms with Crippen molar-refractivity contribution in [2.75, 3.05) is 6.54 Å². The zero-order valence-electron chi connectivity index (χ0n) is 16.0. The van der Waals surface area contributed by atoms with Gasteiger partial charge in [0.1, 0.15) is 0 Å². The molecule has 4 rings (SSSR count). The largest absolute Gasteiger partial charge is 0.504 e. The third-order valence-electron chi connectivity index (χ3n) is 6.95. The summed E-state index contributed by atoms with van der Waals surface area (Å²) in [4.78, 5) is 12.0. The summed E-state index contributed by atoms with van der Waals surface area (Å²) in [5.74, 6) is 0.779. The van der Waals surface area contributed by atoms with E-state index in [0.29, 0.717) is 37.5 Å².